The maximum atomic E-state index is 13.3. The number of rotatable bonds is 7. The van der Waals surface area contributed by atoms with Gasteiger partial charge < -0.3 is 23.4 Å². The van der Waals surface area contributed by atoms with E-state index in [9.17, 15) is 4.79 Å². The number of ether oxygens (including phenoxy) is 4. The van der Waals surface area contributed by atoms with Crippen LogP contribution in [0.25, 0.3) is 11.0 Å². The molecule has 0 atom stereocenters. The second kappa shape index (κ2) is 8.77. The molecule has 2 heterocycles. The first-order valence-corrected chi connectivity index (χ1v) is 9.95. The molecule has 0 fully saturated rings. The molecule has 30 heavy (non-hydrogen) atoms. The monoisotopic (exact) mass is 411 g/mol. The van der Waals surface area contributed by atoms with Crippen molar-refractivity contribution in [3.05, 3.63) is 57.9 Å². The zero-order valence-electron chi connectivity index (χ0n) is 17.4. The third kappa shape index (κ3) is 3.86. The summed E-state index contributed by atoms with van der Waals surface area (Å²) < 4.78 is 28.7. The van der Waals surface area contributed by atoms with Gasteiger partial charge >= 0.3 is 0 Å². The Bertz CT molecular complexity index is 1110. The Morgan fingerprint density at radius 2 is 1.93 bits per heavy atom. The molecule has 0 saturated heterocycles. The van der Waals surface area contributed by atoms with E-state index in [1.807, 2.05) is 25.1 Å². The average Bonchev–Trinajstić information content (AvgIpc) is 2.76. The lowest BCUT2D eigenvalue weighted by molar-refractivity contribution is 0.0658. The second-order valence-electron chi connectivity index (χ2n) is 7.04. The van der Waals surface area contributed by atoms with Crippen LogP contribution in [0.4, 0.5) is 0 Å². The quantitative estimate of drug-likeness (QED) is 0.580. The molecule has 1 aliphatic heterocycles. The van der Waals surface area contributed by atoms with E-state index in [2.05, 4.69) is 4.90 Å². The molecule has 0 saturated carbocycles. The smallest absolute Gasteiger partial charge is 0.235 e. The number of para-hydroxylation sites is 2. The van der Waals surface area contributed by atoms with Crippen LogP contribution in [0, 0.1) is 6.92 Å². The highest BCUT2D eigenvalue weighted by molar-refractivity contribution is 5.83. The Kier molecular flexibility index (Phi) is 5.92. The number of benzene rings is 2. The fraction of sp³-hybridized carbons (Fsp3) is 0.348. The van der Waals surface area contributed by atoms with E-state index in [-0.39, 0.29) is 11.2 Å². The summed E-state index contributed by atoms with van der Waals surface area (Å²) in [7, 11) is 1.67. The molecule has 7 nitrogen and oxygen atoms in total. The van der Waals surface area contributed by atoms with Crippen LogP contribution in [0.5, 0.6) is 23.0 Å². The summed E-state index contributed by atoms with van der Waals surface area (Å²) in [6.07, 6.45) is 0. The van der Waals surface area contributed by atoms with Gasteiger partial charge in [-0.25, -0.2) is 0 Å². The number of aryl methyl sites for hydroxylation is 1. The zero-order chi connectivity index (χ0) is 21.1. The normalized spacial score (nSPS) is 13.7. The van der Waals surface area contributed by atoms with Crippen molar-refractivity contribution in [2.75, 3.05) is 33.6 Å². The summed E-state index contributed by atoms with van der Waals surface area (Å²) >= 11 is 0. The van der Waals surface area contributed by atoms with E-state index in [0.29, 0.717) is 54.7 Å². The summed E-state index contributed by atoms with van der Waals surface area (Å²) in [4.78, 5) is 15.4. The lowest BCUT2D eigenvalue weighted by Crippen LogP contribution is -2.34. The largest absolute Gasteiger partial charge is 0.490 e. The molecule has 0 amide bonds. The Hall–Kier alpha value is -3.03. The predicted molar refractivity (Wildman–Crippen MR) is 113 cm³/mol. The zero-order valence-corrected chi connectivity index (χ0v) is 17.4. The molecular weight excluding hydrogens is 386 g/mol. The van der Waals surface area contributed by atoms with Crippen molar-refractivity contribution in [2.45, 2.75) is 20.4 Å². The van der Waals surface area contributed by atoms with Crippen molar-refractivity contribution in [2.24, 2.45) is 0 Å². The van der Waals surface area contributed by atoms with Gasteiger partial charge in [-0.2, -0.15) is 0 Å². The summed E-state index contributed by atoms with van der Waals surface area (Å²) in [5.74, 6) is 2.34. The van der Waals surface area contributed by atoms with Crippen LogP contribution in [-0.4, -0.2) is 38.5 Å². The first kappa shape index (κ1) is 20.3. The average molecular weight is 411 g/mol. The molecule has 2 aromatic carbocycles. The number of methoxy groups -OCH3 is 1. The van der Waals surface area contributed by atoms with Gasteiger partial charge in [0.1, 0.15) is 23.8 Å². The minimum Gasteiger partial charge on any atom is -0.490 e. The summed E-state index contributed by atoms with van der Waals surface area (Å²) in [6.45, 7) is 6.54. The van der Waals surface area contributed by atoms with Crippen LogP contribution in [0.1, 0.15) is 18.2 Å². The third-order valence-corrected chi connectivity index (χ3v) is 5.00. The van der Waals surface area contributed by atoms with Crippen LogP contribution in [0.2, 0.25) is 0 Å². The van der Waals surface area contributed by atoms with E-state index in [1.165, 1.54) is 0 Å². The van der Waals surface area contributed by atoms with Gasteiger partial charge in [0.25, 0.3) is 0 Å². The van der Waals surface area contributed by atoms with Gasteiger partial charge in [-0.1, -0.05) is 12.1 Å². The van der Waals surface area contributed by atoms with Crippen molar-refractivity contribution in [1.29, 1.82) is 0 Å². The molecule has 1 aliphatic rings. The Balaban J connectivity index is 1.74. The summed E-state index contributed by atoms with van der Waals surface area (Å²) in [5, 5.41) is 0.459. The maximum Gasteiger partial charge on any atom is 0.235 e. The van der Waals surface area contributed by atoms with E-state index in [4.69, 9.17) is 23.4 Å². The standard InChI is InChI=1S/C23H25NO6/c1-4-27-19-7-5-6-8-20(19)30-22-15(2)29-23-16(21(22)25)9-10-18-17(23)13-24(14-28-18)11-12-26-3/h5-10H,4,11-14H2,1-3H3. The van der Waals surface area contributed by atoms with Gasteiger partial charge in [-0.05, 0) is 38.1 Å². The molecule has 3 aromatic rings. The van der Waals surface area contributed by atoms with Crippen molar-refractivity contribution >= 4 is 11.0 Å². The van der Waals surface area contributed by atoms with Crippen molar-refractivity contribution in [1.82, 2.24) is 4.90 Å². The summed E-state index contributed by atoms with van der Waals surface area (Å²) in [5.41, 5.74) is 1.16. The maximum absolute atomic E-state index is 13.3. The van der Waals surface area contributed by atoms with Gasteiger partial charge in [0.05, 0.1) is 24.2 Å². The van der Waals surface area contributed by atoms with Crippen LogP contribution in [0.3, 0.4) is 0 Å². The second-order valence-corrected chi connectivity index (χ2v) is 7.04. The fourth-order valence-corrected chi connectivity index (χ4v) is 3.50. The minimum absolute atomic E-state index is 0.155. The lowest BCUT2D eigenvalue weighted by atomic mass is 10.1. The van der Waals surface area contributed by atoms with Crippen molar-refractivity contribution < 1.29 is 23.4 Å². The van der Waals surface area contributed by atoms with Crippen LogP contribution in [-0.2, 0) is 11.3 Å². The molecule has 0 radical (unpaired) electrons. The highest BCUT2D eigenvalue weighted by atomic mass is 16.5. The van der Waals surface area contributed by atoms with E-state index >= 15 is 0 Å². The first-order valence-electron chi connectivity index (χ1n) is 9.95. The van der Waals surface area contributed by atoms with Gasteiger partial charge in [0.2, 0.25) is 11.2 Å². The Labute approximate surface area is 174 Å². The van der Waals surface area contributed by atoms with Gasteiger partial charge in [0, 0.05) is 20.2 Å². The molecule has 0 aliphatic carbocycles. The molecule has 0 bridgehead atoms. The Morgan fingerprint density at radius 3 is 2.70 bits per heavy atom. The highest BCUT2D eigenvalue weighted by Gasteiger charge is 2.24. The number of fused-ring (bicyclic) bond motifs is 3. The predicted octanol–water partition coefficient (Wildman–Crippen LogP) is 4.09. The molecule has 158 valence electrons. The van der Waals surface area contributed by atoms with Crippen molar-refractivity contribution in [3.63, 3.8) is 0 Å². The fourth-order valence-electron chi connectivity index (χ4n) is 3.50. The van der Waals surface area contributed by atoms with Gasteiger partial charge in [-0.3, -0.25) is 9.69 Å². The van der Waals surface area contributed by atoms with Crippen molar-refractivity contribution in [3.8, 4) is 23.0 Å². The van der Waals surface area contributed by atoms with Crippen LogP contribution < -0.4 is 19.6 Å². The molecule has 0 spiro atoms. The van der Waals surface area contributed by atoms with E-state index < -0.39 is 0 Å². The van der Waals surface area contributed by atoms with E-state index in [1.54, 1.807) is 32.2 Å². The molecule has 7 heteroatoms. The highest BCUT2D eigenvalue weighted by Crippen LogP contribution is 2.36. The van der Waals surface area contributed by atoms with E-state index in [0.717, 1.165) is 17.9 Å². The summed E-state index contributed by atoms with van der Waals surface area (Å²) in [6, 6.07) is 10.8. The molecule has 0 unspecified atom stereocenters. The van der Waals surface area contributed by atoms with Gasteiger partial charge in [-0.15, -0.1) is 0 Å². The third-order valence-electron chi connectivity index (χ3n) is 5.00. The minimum atomic E-state index is -0.225. The topological polar surface area (TPSA) is 70.4 Å². The molecule has 4 rings (SSSR count). The number of hydrogen-bond donors (Lipinski definition) is 0. The number of nitrogens with zero attached hydrogens (tertiary/aromatic N) is 1. The first-order chi connectivity index (χ1) is 14.6. The van der Waals surface area contributed by atoms with Crippen LogP contribution in [0.15, 0.2) is 45.6 Å². The Morgan fingerprint density at radius 1 is 1.13 bits per heavy atom. The molecular formula is C23H25NO6. The number of hydrogen-bond acceptors (Lipinski definition) is 7. The SMILES string of the molecule is CCOc1ccccc1Oc1c(C)oc2c3c(ccc2c1=O)OCN(CCOC)C3. The van der Waals surface area contributed by atoms with Gasteiger partial charge in [0.15, 0.2) is 11.5 Å². The molecule has 1 aromatic heterocycles. The lowest BCUT2D eigenvalue weighted by Gasteiger charge is -2.29. The molecule has 0 N–H and O–H groups in total. The van der Waals surface area contributed by atoms with Crippen LogP contribution >= 0.6 is 0 Å².